The molecule has 1 aliphatic heterocycles. The van der Waals surface area contributed by atoms with Crippen LogP contribution in [0.3, 0.4) is 0 Å². The normalized spacial score (nSPS) is 19.1. The number of carbonyl (C=O) groups is 1. The molecular formula is C16H24N2OS. The topological polar surface area (TPSA) is 32.3 Å². The first-order chi connectivity index (χ1) is 9.58. The zero-order chi connectivity index (χ0) is 14.5. The lowest BCUT2D eigenvalue weighted by Crippen LogP contribution is -2.41. The molecule has 1 heterocycles. The van der Waals surface area contributed by atoms with Crippen molar-refractivity contribution in [3.05, 3.63) is 29.8 Å². The fraction of sp³-hybridized carbons (Fsp3) is 0.562. The molecule has 1 N–H and O–H groups in total. The second-order valence-corrected chi connectivity index (χ2v) is 6.78. The van der Waals surface area contributed by atoms with Gasteiger partial charge in [-0.25, -0.2) is 0 Å². The van der Waals surface area contributed by atoms with Crippen LogP contribution in [-0.4, -0.2) is 37.0 Å². The predicted molar refractivity (Wildman–Crippen MR) is 87.7 cm³/mol. The monoisotopic (exact) mass is 292 g/mol. The molecule has 0 spiro atoms. The van der Waals surface area contributed by atoms with Gasteiger partial charge in [0.25, 0.3) is 0 Å². The first-order valence-corrected chi connectivity index (χ1v) is 8.41. The second-order valence-electron chi connectivity index (χ2n) is 5.63. The van der Waals surface area contributed by atoms with E-state index in [1.54, 1.807) is 4.90 Å². The predicted octanol–water partition coefficient (Wildman–Crippen LogP) is 2.87. The summed E-state index contributed by atoms with van der Waals surface area (Å²) in [4.78, 5) is 14.2. The van der Waals surface area contributed by atoms with E-state index in [0.717, 1.165) is 23.7 Å². The molecule has 0 saturated carbocycles. The Morgan fingerprint density at radius 3 is 2.95 bits per heavy atom. The lowest BCUT2D eigenvalue weighted by molar-refractivity contribution is -0.118. The standard InChI is InChI=1S/C16H24N2OS/c1-12(2)13-5-4-6-15(9-13)18(3)16(19)10-14-11-20-8-7-17-14/h4-6,9,12,14,17H,7-8,10-11H2,1-3H3. The van der Waals surface area contributed by atoms with E-state index < -0.39 is 0 Å². The zero-order valence-corrected chi connectivity index (χ0v) is 13.4. The summed E-state index contributed by atoms with van der Waals surface area (Å²) >= 11 is 1.93. The number of benzene rings is 1. The SMILES string of the molecule is CC(C)c1cccc(N(C)C(=O)CC2CSCCN2)c1. The Morgan fingerprint density at radius 2 is 2.30 bits per heavy atom. The molecule has 1 aromatic carbocycles. The second kappa shape index (κ2) is 7.14. The number of hydrogen-bond acceptors (Lipinski definition) is 3. The van der Waals surface area contributed by atoms with Crippen LogP contribution >= 0.6 is 11.8 Å². The Balaban J connectivity index is 2.00. The van der Waals surface area contributed by atoms with Crippen LogP contribution in [0.5, 0.6) is 0 Å². The maximum absolute atomic E-state index is 12.4. The molecule has 1 fully saturated rings. The van der Waals surface area contributed by atoms with Crippen LogP contribution in [0.25, 0.3) is 0 Å². The van der Waals surface area contributed by atoms with Crippen molar-refractivity contribution < 1.29 is 4.79 Å². The van der Waals surface area contributed by atoms with Gasteiger partial charge < -0.3 is 10.2 Å². The minimum atomic E-state index is 0.186. The molecule has 0 bridgehead atoms. The zero-order valence-electron chi connectivity index (χ0n) is 12.6. The van der Waals surface area contributed by atoms with E-state index in [-0.39, 0.29) is 5.91 Å². The third kappa shape index (κ3) is 4.00. The number of rotatable bonds is 4. The third-order valence-electron chi connectivity index (χ3n) is 3.72. The van der Waals surface area contributed by atoms with E-state index in [2.05, 4.69) is 31.3 Å². The number of nitrogens with one attached hydrogen (secondary N) is 1. The van der Waals surface area contributed by atoms with Crippen LogP contribution in [0, 0.1) is 0 Å². The molecule has 1 saturated heterocycles. The Hall–Kier alpha value is -1.00. The molecule has 1 aliphatic rings. The minimum absolute atomic E-state index is 0.186. The van der Waals surface area contributed by atoms with Crippen LogP contribution in [0.2, 0.25) is 0 Å². The van der Waals surface area contributed by atoms with Gasteiger partial charge in [-0.1, -0.05) is 26.0 Å². The first-order valence-electron chi connectivity index (χ1n) is 7.25. The molecule has 1 unspecified atom stereocenters. The smallest absolute Gasteiger partial charge is 0.228 e. The molecule has 1 amide bonds. The molecule has 3 nitrogen and oxygen atoms in total. The van der Waals surface area contributed by atoms with Crippen LogP contribution in [0.15, 0.2) is 24.3 Å². The van der Waals surface area contributed by atoms with E-state index in [0.29, 0.717) is 18.4 Å². The molecule has 0 aliphatic carbocycles. The van der Waals surface area contributed by atoms with Gasteiger partial charge in [0.05, 0.1) is 0 Å². The van der Waals surface area contributed by atoms with Crippen LogP contribution < -0.4 is 10.2 Å². The lowest BCUT2D eigenvalue weighted by Gasteiger charge is -2.25. The Labute approximate surface area is 126 Å². The van der Waals surface area contributed by atoms with Gasteiger partial charge in [0.2, 0.25) is 5.91 Å². The molecule has 1 atom stereocenters. The molecule has 2 rings (SSSR count). The molecule has 20 heavy (non-hydrogen) atoms. The van der Waals surface area contributed by atoms with Crippen molar-refractivity contribution in [3.63, 3.8) is 0 Å². The van der Waals surface area contributed by atoms with Crippen molar-refractivity contribution in [2.45, 2.75) is 32.2 Å². The van der Waals surface area contributed by atoms with Crippen molar-refractivity contribution in [3.8, 4) is 0 Å². The number of amides is 1. The highest BCUT2D eigenvalue weighted by Crippen LogP contribution is 2.22. The summed E-state index contributed by atoms with van der Waals surface area (Å²) in [5, 5.41) is 3.42. The van der Waals surface area contributed by atoms with Gasteiger partial charge in [-0.2, -0.15) is 11.8 Å². The molecule has 0 aromatic heterocycles. The number of nitrogens with zero attached hydrogens (tertiary/aromatic N) is 1. The van der Waals surface area contributed by atoms with E-state index in [1.807, 2.05) is 30.9 Å². The summed E-state index contributed by atoms with van der Waals surface area (Å²) in [6.07, 6.45) is 0.579. The summed E-state index contributed by atoms with van der Waals surface area (Å²) in [6.45, 7) is 5.35. The average Bonchev–Trinajstić information content (AvgIpc) is 2.47. The average molecular weight is 292 g/mol. The van der Waals surface area contributed by atoms with Crippen LogP contribution in [-0.2, 0) is 4.79 Å². The largest absolute Gasteiger partial charge is 0.315 e. The van der Waals surface area contributed by atoms with Gasteiger partial charge in [-0.15, -0.1) is 0 Å². The Kier molecular flexibility index (Phi) is 5.49. The number of carbonyl (C=O) groups excluding carboxylic acids is 1. The molecule has 110 valence electrons. The van der Waals surface area contributed by atoms with E-state index in [9.17, 15) is 4.79 Å². The van der Waals surface area contributed by atoms with Crippen molar-refractivity contribution in [2.75, 3.05) is 30.0 Å². The molecule has 4 heteroatoms. The first kappa shape index (κ1) is 15.4. The van der Waals surface area contributed by atoms with Crippen LogP contribution in [0.4, 0.5) is 5.69 Å². The van der Waals surface area contributed by atoms with Gasteiger partial charge in [0.15, 0.2) is 0 Å². The van der Waals surface area contributed by atoms with Crippen LogP contribution in [0.1, 0.15) is 31.7 Å². The van der Waals surface area contributed by atoms with Crippen molar-refractivity contribution in [1.29, 1.82) is 0 Å². The summed E-state index contributed by atoms with van der Waals surface area (Å²) < 4.78 is 0. The fourth-order valence-corrected chi connectivity index (χ4v) is 3.28. The van der Waals surface area contributed by atoms with Crippen molar-refractivity contribution in [2.24, 2.45) is 0 Å². The maximum atomic E-state index is 12.4. The molecule has 1 aromatic rings. The molecule has 0 radical (unpaired) electrons. The maximum Gasteiger partial charge on any atom is 0.228 e. The van der Waals surface area contributed by atoms with Gasteiger partial charge >= 0.3 is 0 Å². The molecular weight excluding hydrogens is 268 g/mol. The Morgan fingerprint density at radius 1 is 1.50 bits per heavy atom. The highest BCUT2D eigenvalue weighted by molar-refractivity contribution is 7.99. The minimum Gasteiger partial charge on any atom is -0.315 e. The number of thioether (sulfide) groups is 1. The van der Waals surface area contributed by atoms with Crippen molar-refractivity contribution in [1.82, 2.24) is 5.32 Å². The van der Waals surface area contributed by atoms with Gasteiger partial charge in [-0.3, -0.25) is 4.79 Å². The van der Waals surface area contributed by atoms with Gasteiger partial charge in [-0.05, 0) is 23.6 Å². The van der Waals surface area contributed by atoms with E-state index >= 15 is 0 Å². The summed E-state index contributed by atoms with van der Waals surface area (Å²) in [5.41, 5.74) is 2.26. The highest BCUT2D eigenvalue weighted by atomic mass is 32.2. The van der Waals surface area contributed by atoms with Crippen molar-refractivity contribution >= 4 is 23.4 Å². The summed E-state index contributed by atoms with van der Waals surface area (Å²) in [7, 11) is 1.87. The quantitative estimate of drug-likeness (QED) is 0.926. The summed E-state index contributed by atoms with van der Waals surface area (Å²) in [5.74, 6) is 2.85. The van der Waals surface area contributed by atoms with E-state index in [4.69, 9.17) is 0 Å². The summed E-state index contributed by atoms with van der Waals surface area (Å²) in [6, 6.07) is 8.59. The van der Waals surface area contributed by atoms with E-state index in [1.165, 1.54) is 5.56 Å². The van der Waals surface area contributed by atoms with Gasteiger partial charge in [0, 0.05) is 43.2 Å². The third-order valence-corrected chi connectivity index (χ3v) is 4.85. The fourth-order valence-electron chi connectivity index (χ4n) is 2.34. The Bertz CT molecular complexity index is 456. The van der Waals surface area contributed by atoms with Gasteiger partial charge in [0.1, 0.15) is 0 Å². The lowest BCUT2D eigenvalue weighted by atomic mass is 10.0. The number of anilines is 1. The number of hydrogen-bond donors (Lipinski definition) is 1. The highest BCUT2D eigenvalue weighted by Gasteiger charge is 2.20.